The molecule has 0 rings (SSSR count). The van der Waals surface area contributed by atoms with E-state index in [0.717, 1.165) is 44.9 Å². The maximum atomic E-state index is 12.4. The number of nitrogens with one attached hydrogen (secondary N) is 1. The molecular weight excluding hydrogens is 550 g/mol. The monoisotopic (exact) mass is 624 g/mol. The van der Waals surface area contributed by atoms with Crippen LogP contribution in [0.4, 0.5) is 0 Å². The smallest absolute Gasteiger partial charge is 0.249 e. The Hall–Kier alpha value is -1.21. The molecule has 260 valence electrons. The third-order valence-electron chi connectivity index (χ3n) is 8.65. The zero-order valence-corrected chi connectivity index (χ0v) is 28.9. The molecule has 0 bridgehead atoms. The van der Waals surface area contributed by atoms with E-state index in [9.17, 15) is 25.2 Å². The van der Waals surface area contributed by atoms with Crippen LogP contribution in [0.1, 0.15) is 181 Å². The van der Waals surface area contributed by atoms with Crippen molar-refractivity contribution in [2.75, 3.05) is 6.61 Å². The molecule has 0 aliphatic carbocycles. The van der Waals surface area contributed by atoms with Crippen molar-refractivity contribution in [2.45, 2.75) is 205 Å². The Morgan fingerprint density at radius 1 is 0.568 bits per heavy atom. The molecule has 6 heteroatoms. The van der Waals surface area contributed by atoms with E-state index in [1.165, 1.54) is 103 Å². The molecular formula is C38H73NO5. The molecule has 4 unspecified atom stereocenters. The van der Waals surface area contributed by atoms with Crippen molar-refractivity contribution in [1.29, 1.82) is 0 Å². The summed E-state index contributed by atoms with van der Waals surface area (Å²) < 4.78 is 0. The number of amides is 1. The molecule has 0 radical (unpaired) electrons. The molecule has 0 aromatic carbocycles. The number of unbranched alkanes of at least 4 members (excludes halogenated alkanes) is 20. The predicted molar refractivity (Wildman–Crippen MR) is 187 cm³/mol. The van der Waals surface area contributed by atoms with Crippen molar-refractivity contribution < 1.29 is 25.2 Å². The lowest BCUT2D eigenvalue weighted by atomic mass is 10.00. The van der Waals surface area contributed by atoms with Crippen molar-refractivity contribution in [2.24, 2.45) is 0 Å². The van der Waals surface area contributed by atoms with E-state index in [-0.39, 0.29) is 0 Å². The molecule has 0 heterocycles. The molecule has 0 saturated carbocycles. The predicted octanol–water partition coefficient (Wildman–Crippen LogP) is 8.84. The Labute approximate surface area is 272 Å². The van der Waals surface area contributed by atoms with Gasteiger partial charge in [0.15, 0.2) is 0 Å². The van der Waals surface area contributed by atoms with E-state index in [2.05, 4.69) is 43.5 Å². The molecule has 0 aliphatic rings. The Morgan fingerprint density at radius 3 is 1.45 bits per heavy atom. The molecule has 0 fully saturated rings. The van der Waals surface area contributed by atoms with E-state index in [1.54, 1.807) is 0 Å². The topological polar surface area (TPSA) is 110 Å². The van der Waals surface area contributed by atoms with Gasteiger partial charge in [0.2, 0.25) is 5.91 Å². The minimum absolute atomic E-state index is 0.363. The number of allylic oxidation sites excluding steroid dienone is 4. The second-order valence-electron chi connectivity index (χ2n) is 12.9. The molecule has 44 heavy (non-hydrogen) atoms. The quantitative estimate of drug-likeness (QED) is 0.0371. The summed E-state index contributed by atoms with van der Waals surface area (Å²) in [7, 11) is 0. The van der Waals surface area contributed by atoms with Crippen molar-refractivity contribution in [1.82, 2.24) is 5.32 Å². The fourth-order valence-corrected chi connectivity index (χ4v) is 5.66. The first-order valence-electron chi connectivity index (χ1n) is 18.7. The number of aliphatic hydroxyl groups is 4. The third kappa shape index (κ3) is 27.1. The van der Waals surface area contributed by atoms with Crippen LogP contribution in [0.15, 0.2) is 24.3 Å². The highest BCUT2D eigenvalue weighted by molar-refractivity contribution is 5.80. The van der Waals surface area contributed by atoms with Gasteiger partial charge >= 0.3 is 0 Å². The summed E-state index contributed by atoms with van der Waals surface area (Å²) in [6.07, 6.45) is 35.1. The molecule has 1 amide bonds. The van der Waals surface area contributed by atoms with Crippen molar-refractivity contribution in [3.63, 3.8) is 0 Å². The average Bonchev–Trinajstić information content (AvgIpc) is 3.03. The van der Waals surface area contributed by atoms with Crippen LogP contribution in [0.2, 0.25) is 0 Å². The minimum atomic E-state index is -1.28. The number of carbonyl (C=O) groups excluding carboxylic acids is 1. The summed E-state index contributed by atoms with van der Waals surface area (Å²) in [5.74, 6) is -0.599. The number of aliphatic hydroxyl groups excluding tert-OH is 4. The average molecular weight is 624 g/mol. The van der Waals surface area contributed by atoms with Crippen molar-refractivity contribution >= 4 is 5.91 Å². The fourth-order valence-electron chi connectivity index (χ4n) is 5.66. The van der Waals surface area contributed by atoms with Gasteiger partial charge < -0.3 is 25.7 Å². The van der Waals surface area contributed by atoms with Gasteiger partial charge in [-0.05, 0) is 44.9 Å². The van der Waals surface area contributed by atoms with Crippen LogP contribution in [0.3, 0.4) is 0 Å². The Kier molecular flexibility index (Phi) is 32.2. The standard InChI is InChI=1S/C38H73NO5/c1-3-5-7-9-11-13-14-15-16-17-18-19-20-21-22-24-26-28-30-32-36(42)38(44)39-34(33-40)37(43)35(41)31-29-27-25-23-12-10-8-6-4-2/h6,8,23,25,34-37,40-43H,3-5,7,9-22,24,26-33H2,1-2H3,(H,39,44)/b8-6+,25-23+. The highest BCUT2D eigenvalue weighted by Crippen LogP contribution is 2.16. The number of hydrogen-bond acceptors (Lipinski definition) is 5. The van der Waals surface area contributed by atoms with E-state index >= 15 is 0 Å². The van der Waals surface area contributed by atoms with Gasteiger partial charge in [0, 0.05) is 0 Å². The maximum Gasteiger partial charge on any atom is 0.249 e. The summed E-state index contributed by atoms with van der Waals surface area (Å²) in [4.78, 5) is 12.4. The van der Waals surface area contributed by atoms with E-state index in [0.29, 0.717) is 19.3 Å². The van der Waals surface area contributed by atoms with Gasteiger partial charge in [-0.1, -0.05) is 160 Å². The maximum absolute atomic E-state index is 12.4. The number of hydrogen-bond donors (Lipinski definition) is 5. The first kappa shape index (κ1) is 42.8. The van der Waals surface area contributed by atoms with E-state index in [1.807, 2.05) is 0 Å². The summed E-state index contributed by atoms with van der Waals surface area (Å²) in [6.45, 7) is 3.89. The zero-order valence-electron chi connectivity index (χ0n) is 28.9. The van der Waals surface area contributed by atoms with Crippen LogP contribution in [-0.2, 0) is 4.79 Å². The molecule has 0 spiro atoms. The molecule has 6 nitrogen and oxygen atoms in total. The van der Waals surface area contributed by atoms with Gasteiger partial charge in [-0.25, -0.2) is 0 Å². The number of carbonyl (C=O) groups is 1. The van der Waals surface area contributed by atoms with Gasteiger partial charge in [0.25, 0.3) is 0 Å². The van der Waals surface area contributed by atoms with Gasteiger partial charge in [-0.15, -0.1) is 0 Å². The van der Waals surface area contributed by atoms with Crippen LogP contribution >= 0.6 is 0 Å². The second-order valence-corrected chi connectivity index (χ2v) is 12.9. The van der Waals surface area contributed by atoms with Crippen LogP contribution in [0.5, 0.6) is 0 Å². The highest BCUT2D eigenvalue weighted by Gasteiger charge is 2.28. The van der Waals surface area contributed by atoms with Gasteiger partial charge in [-0.3, -0.25) is 4.79 Å². The molecule has 0 aliphatic heterocycles. The van der Waals surface area contributed by atoms with Crippen LogP contribution in [0, 0.1) is 0 Å². The Bertz CT molecular complexity index is 668. The van der Waals surface area contributed by atoms with Crippen LogP contribution in [0.25, 0.3) is 0 Å². The first-order chi connectivity index (χ1) is 21.5. The first-order valence-corrected chi connectivity index (χ1v) is 18.7. The molecule has 0 saturated heterocycles. The number of rotatable bonds is 33. The van der Waals surface area contributed by atoms with Crippen LogP contribution in [-0.4, -0.2) is 57.3 Å². The molecule has 4 atom stereocenters. The van der Waals surface area contributed by atoms with Gasteiger partial charge in [0.05, 0.1) is 18.8 Å². The second kappa shape index (κ2) is 33.2. The minimum Gasteiger partial charge on any atom is -0.394 e. The molecule has 0 aromatic heterocycles. The van der Waals surface area contributed by atoms with Gasteiger partial charge in [0.1, 0.15) is 12.2 Å². The largest absolute Gasteiger partial charge is 0.394 e. The lowest BCUT2D eigenvalue weighted by Gasteiger charge is -2.27. The SMILES string of the molecule is CC/C=C/CC/C=C/CCCC(O)C(O)C(CO)NC(=O)C(O)CCCCCCCCCCCCCCCCCCCCC. The summed E-state index contributed by atoms with van der Waals surface area (Å²) in [6, 6.07) is -1.00. The lowest BCUT2D eigenvalue weighted by Crippen LogP contribution is -2.53. The summed E-state index contributed by atoms with van der Waals surface area (Å²) in [5.41, 5.74) is 0. The molecule has 5 N–H and O–H groups in total. The van der Waals surface area contributed by atoms with Gasteiger partial charge in [-0.2, -0.15) is 0 Å². The van der Waals surface area contributed by atoms with Crippen molar-refractivity contribution in [3.8, 4) is 0 Å². The van der Waals surface area contributed by atoms with E-state index in [4.69, 9.17) is 0 Å². The fraction of sp³-hybridized carbons (Fsp3) is 0.868. The highest BCUT2D eigenvalue weighted by atomic mass is 16.3. The van der Waals surface area contributed by atoms with Crippen molar-refractivity contribution in [3.05, 3.63) is 24.3 Å². The summed E-state index contributed by atoms with van der Waals surface area (Å²) in [5, 5.41) is 43.2. The summed E-state index contributed by atoms with van der Waals surface area (Å²) >= 11 is 0. The van der Waals surface area contributed by atoms with E-state index < -0.39 is 36.9 Å². The molecule has 0 aromatic rings. The zero-order chi connectivity index (χ0) is 32.5. The third-order valence-corrected chi connectivity index (χ3v) is 8.65. The Morgan fingerprint density at radius 2 is 1.00 bits per heavy atom. The Balaban J connectivity index is 3.75. The van der Waals surface area contributed by atoms with Crippen LogP contribution < -0.4 is 5.32 Å². The lowest BCUT2D eigenvalue weighted by molar-refractivity contribution is -0.132. The normalized spacial score (nSPS) is 14.8.